The first-order valence-corrected chi connectivity index (χ1v) is 9.38. The van der Waals surface area contributed by atoms with Crippen LogP contribution in [0.5, 0.6) is 0 Å². The highest BCUT2D eigenvalue weighted by molar-refractivity contribution is 7.84. The van der Waals surface area contributed by atoms with Crippen LogP contribution in [-0.4, -0.2) is 28.3 Å². The lowest BCUT2D eigenvalue weighted by Crippen LogP contribution is -2.41. The van der Waals surface area contributed by atoms with Gasteiger partial charge in [-0.3, -0.25) is 4.21 Å². The van der Waals surface area contributed by atoms with Crippen LogP contribution in [0.15, 0.2) is 0 Å². The summed E-state index contributed by atoms with van der Waals surface area (Å²) in [5, 5.41) is 3.75. The molecular weight excluding hydrogens is 242 g/mol. The average Bonchev–Trinajstić information content (AvgIpc) is 2.79. The van der Waals surface area contributed by atoms with E-state index in [2.05, 4.69) is 12.2 Å². The second kappa shape index (κ2) is 6.51. The van der Waals surface area contributed by atoms with Gasteiger partial charge in [0.1, 0.15) is 0 Å². The van der Waals surface area contributed by atoms with Crippen molar-refractivity contribution in [3.05, 3.63) is 0 Å². The highest BCUT2D eigenvalue weighted by Crippen LogP contribution is 2.48. The van der Waals surface area contributed by atoms with Crippen LogP contribution >= 0.6 is 0 Å². The Bertz CT molecular complexity index is 276. The van der Waals surface area contributed by atoms with E-state index in [1.54, 1.807) is 6.26 Å². The Morgan fingerprint density at radius 2 is 1.83 bits per heavy atom. The Morgan fingerprint density at radius 1 is 1.22 bits per heavy atom. The molecule has 2 saturated carbocycles. The fourth-order valence-electron chi connectivity index (χ4n) is 3.85. The smallest absolute Gasteiger partial charge is 0.0246 e. The molecule has 2 rings (SSSR count). The Labute approximate surface area is 115 Å². The van der Waals surface area contributed by atoms with E-state index in [-0.39, 0.29) is 0 Å². The second-order valence-corrected chi connectivity index (χ2v) is 8.17. The highest BCUT2D eigenvalue weighted by Gasteiger charge is 2.37. The minimum atomic E-state index is -0.640. The molecular formula is C15H29NOS. The average molecular weight is 271 g/mol. The molecule has 0 aromatic rings. The summed E-state index contributed by atoms with van der Waals surface area (Å²) in [6.07, 6.45) is 14.4. The lowest BCUT2D eigenvalue weighted by molar-refractivity contribution is 0.163. The Kier molecular flexibility index (Phi) is 5.25. The molecule has 1 N–H and O–H groups in total. The zero-order valence-electron chi connectivity index (χ0n) is 12.0. The topological polar surface area (TPSA) is 29.1 Å². The minimum absolute atomic E-state index is 0.525. The van der Waals surface area contributed by atoms with Gasteiger partial charge in [0, 0.05) is 34.9 Å². The van der Waals surface area contributed by atoms with Crippen LogP contribution in [0, 0.1) is 5.41 Å². The molecule has 2 aliphatic carbocycles. The summed E-state index contributed by atoms with van der Waals surface area (Å²) in [6, 6.07) is 1.24. The van der Waals surface area contributed by atoms with Crippen LogP contribution in [0.1, 0.15) is 64.7 Å². The molecule has 2 fully saturated rings. The van der Waals surface area contributed by atoms with E-state index in [4.69, 9.17) is 0 Å². The predicted octanol–water partition coefficient (Wildman–Crippen LogP) is 3.24. The van der Waals surface area contributed by atoms with Crippen LogP contribution in [-0.2, 0) is 10.8 Å². The number of hydrogen-bond acceptors (Lipinski definition) is 2. The number of hydrogen-bond donors (Lipinski definition) is 1. The monoisotopic (exact) mass is 271 g/mol. The van der Waals surface area contributed by atoms with Crippen LogP contribution in [0.3, 0.4) is 0 Å². The molecule has 0 saturated heterocycles. The van der Waals surface area contributed by atoms with E-state index in [9.17, 15) is 4.21 Å². The van der Waals surface area contributed by atoms with Crippen molar-refractivity contribution in [3.63, 3.8) is 0 Å². The number of nitrogens with one attached hydrogen (secondary N) is 1. The van der Waals surface area contributed by atoms with E-state index < -0.39 is 10.8 Å². The van der Waals surface area contributed by atoms with Crippen molar-refractivity contribution in [2.75, 3.05) is 12.0 Å². The van der Waals surface area contributed by atoms with Crippen molar-refractivity contribution < 1.29 is 4.21 Å². The van der Waals surface area contributed by atoms with Gasteiger partial charge in [-0.2, -0.15) is 0 Å². The molecule has 2 atom stereocenters. The summed E-state index contributed by atoms with van der Waals surface area (Å²) in [6.45, 7) is 2.24. The summed E-state index contributed by atoms with van der Waals surface area (Å²) in [5.41, 5.74) is 0.742. The first kappa shape index (κ1) is 14.5. The molecule has 0 radical (unpaired) electrons. The molecule has 2 aliphatic rings. The SMILES string of the molecule is CC(CCS(C)=O)NC1CCC2(CCCC2)CC1. The zero-order chi connectivity index (χ0) is 13.0. The molecule has 0 aliphatic heterocycles. The predicted molar refractivity (Wildman–Crippen MR) is 79.3 cm³/mol. The van der Waals surface area contributed by atoms with Gasteiger partial charge in [-0.25, -0.2) is 0 Å². The molecule has 0 amide bonds. The van der Waals surface area contributed by atoms with Gasteiger partial charge in [-0.1, -0.05) is 12.8 Å². The molecule has 18 heavy (non-hydrogen) atoms. The normalized spacial score (nSPS) is 27.4. The van der Waals surface area contributed by atoms with Gasteiger partial charge in [-0.05, 0) is 57.3 Å². The second-order valence-electron chi connectivity index (χ2n) is 6.62. The third kappa shape index (κ3) is 4.06. The zero-order valence-corrected chi connectivity index (χ0v) is 12.9. The third-order valence-electron chi connectivity index (χ3n) is 5.07. The Balaban J connectivity index is 1.68. The maximum atomic E-state index is 11.1. The molecule has 0 aromatic heterocycles. The largest absolute Gasteiger partial charge is 0.311 e. The van der Waals surface area contributed by atoms with Gasteiger partial charge in [-0.15, -0.1) is 0 Å². The van der Waals surface area contributed by atoms with Crippen molar-refractivity contribution >= 4 is 10.8 Å². The molecule has 2 nitrogen and oxygen atoms in total. The van der Waals surface area contributed by atoms with Gasteiger partial charge in [0.15, 0.2) is 0 Å². The molecule has 1 spiro atoms. The van der Waals surface area contributed by atoms with Crippen LogP contribution in [0.2, 0.25) is 0 Å². The summed E-state index contributed by atoms with van der Waals surface area (Å²) >= 11 is 0. The standard InChI is InChI=1S/C15H29NOS/c1-13(7-12-18(2)17)16-14-5-10-15(11-6-14)8-3-4-9-15/h13-14,16H,3-12H2,1-2H3. The van der Waals surface area contributed by atoms with E-state index in [0.717, 1.165) is 23.6 Å². The maximum Gasteiger partial charge on any atom is 0.0246 e. The van der Waals surface area contributed by atoms with Gasteiger partial charge >= 0.3 is 0 Å². The van der Waals surface area contributed by atoms with Crippen LogP contribution < -0.4 is 5.32 Å². The van der Waals surface area contributed by atoms with Gasteiger partial charge in [0.2, 0.25) is 0 Å². The van der Waals surface area contributed by atoms with Crippen molar-refractivity contribution in [3.8, 4) is 0 Å². The summed E-state index contributed by atoms with van der Waals surface area (Å²) in [5.74, 6) is 0.838. The summed E-state index contributed by atoms with van der Waals surface area (Å²) in [4.78, 5) is 0. The van der Waals surface area contributed by atoms with E-state index in [0.29, 0.717) is 6.04 Å². The Morgan fingerprint density at radius 3 is 2.39 bits per heavy atom. The van der Waals surface area contributed by atoms with Gasteiger partial charge < -0.3 is 5.32 Å². The van der Waals surface area contributed by atoms with E-state index in [1.807, 2.05) is 0 Å². The van der Waals surface area contributed by atoms with Crippen LogP contribution in [0.4, 0.5) is 0 Å². The maximum absolute atomic E-state index is 11.1. The molecule has 106 valence electrons. The van der Waals surface area contributed by atoms with Crippen molar-refractivity contribution in [2.45, 2.75) is 76.8 Å². The summed E-state index contributed by atoms with van der Waals surface area (Å²) in [7, 11) is -0.640. The first-order chi connectivity index (χ1) is 8.60. The minimum Gasteiger partial charge on any atom is -0.311 e. The Hall–Kier alpha value is 0.110. The van der Waals surface area contributed by atoms with Crippen molar-refractivity contribution in [1.82, 2.24) is 5.32 Å². The lowest BCUT2D eigenvalue weighted by atomic mass is 9.71. The fourth-order valence-corrected chi connectivity index (χ4v) is 4.54. The molecule has 3 heteroatoms. The lowest BCUT2D eigenvalue weighted by Gasteiger charge is -2.38. The van der Waals surface area contributed by atoms with Crippen molar-refractivity contribution in [1.29, 1.82) is 0 Å². The van der Waals surface area contributed by atoms with Crippen LogP contribution in [0.25, 0.3) is 0 Å². The summed E-state index contributed by atoms with van der Waals surface area (Å²) < 4.78 is 11.1. The van der Waals surface area contributed by atoms with E-state index >= 15 is 0 Å². The molecule has 0 aromatic carbocycles. The van der Waals surface area contributed by atoms with E-state index in [1.165, 1.54) is 51.4 Å². The van der Waals surface area contributed by atoms with Gasteiger partial charge in [0.05, 0.1) is 0 Å². The molecule has 0 heterocycles. The van der Waals surface area contributed by atoms with Crippen molar-refractivity contribution in [2.24, 2.45) is 5.41 Å². The third-order valence-corrected chi connectivity index (χ3v) is 5.88. The molecule has 2 unspecified atom stereocenters. The van der Waals surface area contributed by atoms with Gasteiger partial charge in [0.25, 0.3) is 0 Å². The first-order valence-electron chi connectivity index (χ1n) is 7.66. The quantitative estimate of drug-likeness (QED) is 0.832. The highest BCUT2D eigenvalue weighted by atomic mass is 32.2. The number of rotatable bonds is 5. The fraction of sp³-hybridized carbons (Fsp3) is 1.00. The molecule has 0 bridgehead atoms.